The number of ketones is 1. The summed E-state index contributed by atoms with van der Waals surface area (Å²) in [4.78, 5) is 23.2. The predicted molar refractivity (Wildman–Crippen MR) is 71.0 cm³/mol. The molecule has 0 aliphatic carbocycles. The van der Waals surface area contributed by atoms with Crippen molar-refractivity contribution in [1.82, 2.24) is 0 Å². The second-order valence-electron chi connectivity index (χ2n) is 3.73. The van der Waals surface area contributed by atoms with Crippen molar-refractivity contribution in [3.05, 3.63) is 34.9 Å². The predicted octanol–water partition coefficient (Wildman–Crippen LogP) is 2.32. The minimum absolute atomic E-state index is 0.176. The molecule has 1 aromatic carbocycles. The third-order valence-corrected chi connectivity index (χ3v) is 2.83. The Labute approximate surface area is 114 Å². The van der Waals surface area contributed by atoms with Gasteiger partial charge in [-0.05, 0) is 31.5 Å². The number of benzene rings is 1. The zero-order valence-electron chi connectivity index (χ0n) is 10.3. The Morgan fingerprint density at radius 1 is 1.44 bits per heavy atom. The smallest absolute Gasteiger partial charge is 0.338 e. The molecule has 0 amide bonds. The summed E-state index contributed by atoms with van der Waals surface area (Å²) < 4.78 is 4.87. The van der Waals surface area contributed by atoms with E-state index in [1.54, 1.807) is 26.0 Å². The first-order valence-electron chi connectivity index (χ1n) is 5.60. The normalized spacial score (nSPS) is 12.0. The number of hydrogen-bond donors (Lipinski definition) is 1. The van der Waals surface area contributed by atoms with Crippen LogP contribution in [-0.2, 0) is 11.3 Å². The third kappa shape index (κ3) is 3.40. The van der Waals surface area contributed by atoms with Crippen molar-refractivity contribution in [2.75, 3.05) is 6.61 Å². The lowest BCUT2D eigenvalue weighted by Gasteiger charge is -2.10. The maximum atomic E-state index is 11.9. The number of aliphatic hydroxyl groups is 1. The molecule has 0 saturated heterocycles. The summed E-state index contributed by atoms with van der Waals surface area (Å²) in [6, 6.07) is 4.57. The molecule has 98 valence electrons. The van der Waals surface area contributed by atoms with Crippen molar-refractivity contribution < 1.29 is 19.4 Å². The number of Topliss-reactive ketones (excluding diaryl/α,β-unsaturated/α-hetero) is 1. The molecule has 0 heterocycles. The molecule has 0 aromatic heterocycles. The van der Waals surface area contributed by atoms with Crippen LogP contribution in [0.3, 0.4) is 0 Å². The molecule has 0 radical (unpaired) electrons. The van der Waals surface area contributed by atoms with Gasteiger partial charge in [-0.1, -0.05) is 22.0 Å². The molecule has 0 aliphatic heterocycles. The maximum Gasteiger partial charge on any atom is 0.338 e. The van der Waals surface area contributed by atoms with Gasteiger partial charge in [0.25, 0.3) is 0 Å². The van der Waals surface area contributed by atoms with Crippen LogP contribution in [0.25, 0.3) is 0 Å². The van der Waals surface area contributed by atoms with Gasteiger partial charge < -0.3 is 9.84 Å². The van der Waals surface area contributed by atoms with E-state index in [2.05, 4.69) is 15.9 Å². The van der Waals surface area contributed by atoms with Gasteiger partial charge in [0.2, 0.25) is 0 Å². The number of carbonyl (C=O) groups excluding carboxylic acids is 2. The Balaban J connectivity index is 3.17. The average Bonchev–Trinajstić information content (AvgIpc) is 2.37. The van der Waals surface area contributed by atoms with Gasteiger partial charge in [-0.15, -0.1) is 0 Å². The van der Waals surface area contributed by atoms with E-state index in [0.717, 1.165) is 0 Å². The van der Waals surface area contributed by atoms with Crippen LogP contribution in [0.15, 0.2) is 18.2 Å². The Hall–Kier alpha value is -1.20. The highest BCUT2D eigenvalue weighted by atomic mass is 79.9. The molecular weight excluding hydrogens is 300 g/mol. The molecule has 18 heavy (non-hydrogen) atoms. The Morgan fingerprint density at radius 2 is 2.11 bits per heavy atom. The number of hydrogen-bond acceptors (Lipinski definition) is 4. The number of esters is 1. The summed E-state index contributed by atoms with van der Waals surface area (Å²) in [7, 11) is 0. The molecule has 0 spiro atoms. The van der Waals surface area contributed by atoms with Crippen LogP contribution in [-0.4, -0.2) is 28.3 Å². The summed E-state index contributed by atoms with van der Waals surface area (Å²) in [5, 5.41) is 9.20. The topological polar surface area (TPSA) is 63.6 Å². The summed E-state index contributed by atoms with van der Waals surface area (Å²) >= 11 is 3.18. The molecule has 1 aromatic rings. The average molecular weight is 315 g/mol. The fraction of sp³-hybridized carbons (Fsp3) is 0.385. The summed E-state index contributed by atoms with van der Waals surface area (Å²) in [6.45, 7) is 3.44. The van der Waals surface area contributed by atoms with Crippen LogP contribution in [0.4, 0.5) is 0 Å². The van der Waals surface area contributed by atoms with Gasteiger partial charge in [-0.2, -0.15) is 0 Å². The zero-order chi connectivity index (χ0) is 13.7. The lowest BCUT2D eigenvalue weighted by Crippen LogP contribution is -2.15. The van der Waals surface area contributed by atoms with Gasteiger partial charge in [-0.25, -0.2) is 4.79 Å². The minimum Gasteiger partial charge on any atom is -0.462 e. The van der Waals surface area contributed by atoms with Crippen LogP contribution in [0, 0.1) is 0 Å². The number of alkyl halides is 1. The third-order valence-electron chi connectivity index (χ3n) is 2.42. The molecule has 0 bridgehead atoms. The monoisotopic (exact) mass is 314 g/mol. The molecule has 1 unspecified atom stereocenters. The van der Waals surface area contributed by atoms with Gasteiger partial charge in [-0.3, -0.25) is 4.79 Å². The highest BCUT2D eigenvalue weighted by Crippen LogP contribution is 2.18. The zero-order valence-corrected chi connectivity index (χ0v) is 11.9. The number of rotatable bonds is 5. The van der Waals surface area contributed by atoms with Crippen molar-refractivity contribution in [1.29, 1.82) is 0 Å². The number of halogens is 1. The quantitative estimate of drug-likeness (QED) is 0.514. The minimum atomic E-state index is -0.474. The van der Waals surface area contributed by atoms with E-state index in [1.165, 1.54) is 6.07 Å². The molecule has 0 fully saturated rings. The van der Waals surface area contributed by atoms with Gasteiger partial charge in [0.15, 0.2) is 5.78 Å². The first-order chi connectivity index (χ1) is 8.51. The molecular formula is C13H15BrO4. The molecule has 0 aliphatic rings. The molecule has 1 N–H and O–H groups in total. The number of carbonyl (C=O) groups is 2. The number of aliphatic hydroxyl groups excluding tert-OH is 1. The lowest BCUT2D eigenvalue weighted by molar-refractivity contribution is 0.0526. The van der Waals surface area contributed by atoms with Gasteiger partial charge in [0.1, 0.15) is 0 Å². The van der Waals surface area contributed by atoms with E-state index in [-0.39, 0.29) is 23.8 Å². The lowest BCUT2D eigenvalue weighted by atomic mass is 9.99. The second kappa shape index (κ2) is 6.66. The van der Waals surface area contributed by atoms with Gasteiger partial charge in [0.05, 0.1) is 23.6 Å². The van der Waals surface area contributed by atoms with Crippen LogP contribution in [0.2, 0.25) is 0 Å². The van der Waals surface area contributed by atoms with E-state index in [0.29, 0.717) is 16.7 Å². The largest absolute Gasteiger partial charge is 0.462 e. The SMILES string of the molecule is CCOC(=O)c1ccc(CO)c(C(=O)C(C)Br)c1. The molecule has 4 nitrogen and oxygen atoms in total. The van der Waals surface area contributed by atoms with Crippen molar-refractivity contribution in [2.24, 2.45) is 0 Å². The Bertz CT molecular complexity index is 454. The van der Waals surface area contributed by atoms with E-state index in [1.807, 2.05) is 0 Å². The first kappa shape index (κ1) is 14.9. The molecule has 5 heteroatoms. The van der Waals surface area contributed by atoms with E-state index < -0.39 is 5.97 Å². The Morgan fingerprint density at radius 3 is 2.61 bits per heavy atom. The van der Waals surface area contributed by atoms with Crippen LogP contribution < -0.4 is 0 Å². The second-order valence-corrected chi connectivity index (χ2v) is 5.10. The Kier molecular flexibility index (Phi) is 5.50. The van der Waals surface area contributed by atoms with E-state index in [4.69, 9.17) is 4.74 Å². The number of ether oxygens (including phenoxy) is 1. The fourth-order valence-electron chi connectivity index (χ4n) is 1.50. The summed E-state index contributed by atoms with van der Waals surface area (Å²) in [5.74, 6) is -0.650. The van der Waals surface area contributed by atoms with Crippen LogP contribution in [0.1, 0.15) is 40.1 Å². The summed E-state index contributed by atoms with van der Waals surface area (Å²) in [6.07, 6.45) is 0. The van der Waals surface area contributed by atoms with Gasteiger partial charge in [0, 0.05) is 5.56 Å². The highest BCUT2D eigenvalue weighted by molar-refractivity contribution is 9.10. The molecule has 0 saturated carbocycles. The fourth-order valence-corrected chi connectivity index (χ4v) is 1.75. The standard InChI is InChI=1S/C13H15BrO4/c1-3-18-13(17)9-4-5-10(7-15)11(6-9)12(16)8(2)14/h4-6,8,15H,3,7H2,1-2H3. The van der Waals surface area contributed by atoms with Crippen molar-refractivity contribution >= 4 is 27.7 Å². The molecule has 1 atom stereocenters. The van der Waals surface area contributed by atoms with Crippen molar-refractivity contribution in [3.63, 3.8) is 0 Å². The van der Waals surface area contributed by atoms with Gasteiger partial charge >= 0.3 is 5.97 Å². The van der Waals surface area contributed by atoms with Crippen molar-refractivity contribution in [2.45, 2.75) is 25.3 Å². The summed E-state index contributed by atoms with van der Waals surface area (Å²) in [5.41, 5.74) is 1.15. The van der Waals surface area contributed by atoms with E-state index in [9.17, 15) is 14.7 Å². The van der Waals surface area contributed by atoms with Crippen molar-refractivity contribution in [3.8, 4) is 0 Å². The molecule has 1 rings (SSSR count). The first-order valence-corrected chi connectivity index (χ1v) is 6.52. The highest BCUT2D eigenvalue weighted by Gasteiger charge is 2.18. The van der Waals surface area contributed by atoms with Crippen LogP contribution in [0.5, 0.6) is 0 Å². The van der Waals surface area contributed by atoms with E-state index >= 15 is 0 Å². The van der Waals surface area contributed by atoms with Crippen LogP contribution >= 0.6 is 15.9 Å². The maximum absolute atomic E-state index is 11.9.